The van der Waals surface area contributed by atoms with Crippen molar-refractivity contribution in [3.8, 4) is 0 Å². The van der Waals surface area contributed by atoms with Gasteiger partial charge in [0.1, 0.15) is 18.0 Å². The van der Waals surface area contributed by atoms with Gasteiger partial charge in [-0.3, -0.25) is 0 Å². The normalized spacial score (nSPS) is 11.2. The standard InChI is InChI=1S/C13H17N5O2S/c1-3-11-12(15-8-16-13(11)18-14)17-9-4-6-10(7-5-9)21(2,19)20/h4-8H,3,14H2,1-2H3,(H2,15,16,17,18). The van der Waals surface area contributed by atoms with E-state index in [-0.39, 0.29) is 4.90 Å². The number of hydrazine groups is 1. The van der Waals surface area contributed by atoms with Gasteiger partial charge in [0.15, 0.2) is 9.84 Å². The van der Waals surface area contributed by atoms with Gasteiger partial charge in [0.25, 0.3) is 0 Å². The van der Waals surface area contributed by atoms with Crippen LogP contribution in [-0.2, 0) is 16.3 Å². The van der Waals surface area contributed by atoms with E-state index in [1.165, 1.54) is 12.6 Å². The summed E-state index contributed by atoms with van der Waals surface area (Å²) < 4.78 is 22.8. The van der Waals surface area contributed by atoms with Crippen molar-refractivity contribution < 1.29 is 8.42 Å². The van der Waals surface area contributed by atoms with Gasteiger partial charge in [-0.15, -0.1) is 0 Å². The number of anilines is 3. The Labute approximate surface area is 123 Å². The molecule has 0 aliphatic rings. The third kappa shape index (κ3) is 3.47. The number of benzene rings is 1. The number of nitrogens with one attached hydrogen (secondary N) is 2. The van der Waals surface area contributed by atoms with E-state index in [9.17, 15) is 8.42 Å². The van der Waals surface area contributed by atoms with Gasteiger partial charge in [-0.1, -0.05) is 6.92 Å². The summed E-state index contributed by atoms with van der Waals surface area (Å²) in [6, 6.07) is 6.47. The Balaban J connectivity index is 2.30. The fraction of sp³-hybridized carbons (Fsp3) is 0.231. The van der Waals surface area contributed by atoms with E-state index < -0.39 is 9.84 Å². The van der Waals surface area contributed by atoms with Crippen LogP contribution in [0.4, 0.5) is 17.3 Å². The van der Waals surface area contributed by atoms with Crippen LogP contribution < -0.4 is 16.6 Å². The van der Waals surface area contributed by atoms with Crippen LogP contribution in [0, 0.1) is 0 Å². The molecule has 4 N–H and O–H groups in total. The number of hydrogen-bond acceptors (Lipinski definition) is 7. The van der Waals surface area contributed by atoms with Crippen LogP contribution in [0.2, 0.25) is 0 Å². The molecule has 0 radical (unpaired) electrons. The summed E-state index contributed by atoms with van der Waals surface area (Å²) in [7, 11) is -3.20. The van der Waals surface area contributed by atoms with Crippen molar-refractivity contribution in [2.24, 2.45) is 5.84 Å². The Morgan fingerprint density at radius 3 is 2.29 bits per heavy atom. The van der Waals surface area contributed by atoms with E-state index in [2.05, 4.69) is 20.7 Å². The number of nitrogen functional groups attached to an aromatic ring is 1. The number of hydrogen-bond donors (Lipinski definition) is 3. The molecule has 0 aliphatic carbocycles. The first-order chi connectivity index (χ1) is 9.95. The Bertz CT molecular complexity index is 729. The highest BCUT2D eigenvalue weighted by atomic mass is 32.2. The highest BCUT2D eigenvalue weighted by molar-refractivity contribution is 7.90. The quantitative estimate of drug-likeness (QED) is 0.566. The maximum Gasteiger partial charge on any atom is 0.175 e. The number of sulfone groups is 1. The van der Waals surface area contributed by atoms with Crippen molar-refractivity contribution in [1.29, 1.82) is 0 Å². The summed E-state index contributed by atoms with van der Waals surface area (Å²) in [6.45, 7) is 1.97. The molecule has 0 fully saturated rings. The number of rotatable bonds is 5. The second kappa shape index (κ2) is 6.06. The molecule has 0 spiro atoms. The van der Waals surface area contributed by atoms with Crippen LogP contribution in [0.25, 0.3) is 0 Å². The molecule has 0 bridgehead atoms. The van der Waals surface area contributed by atoms with E-state index in [0.717, 1.165) is 11.3 Å². The van der Waals surface area contributed by atoms with Gasteiger partial charge in [-0.25, -0.2) is 24.2 Å². The molecule has 1 aromatic carbocycles. The van der Waals surface area contributed by atoms with Crippen molar-refractivity contribution in [1.82, 2.24) is 9.97 Å². The second-order valence-electron chi connectivity index (χ2n) is 4.47. The van der Waals surface area contributed by atoms with E-state index in [1.54, 1.807) is 24.3 Å². The SMILES string of the molecule is CCc1c(NN)ncnc1Nc1ccc(S(C)(=O)=O)cc1. The Hall–Kier alpha value is -2.19. The van der Waals surface area contributed by atoms with Crippen LogP contribution in [0.15, 0.2) is 35.5 Å². The topological polar surface area (TPSA) is 110 Å². The zero-order valence-corrected chi connectivity index (χ0v) is 12.6. The van der Waals surface area contributed by atoms with Gasteiger partial charge in [-0.05, 0) is 30.7 Å². The number of nitrogens with two attached hydrogens (primary N) is 1. The second-order valence-corrected chi connectivity index (χ2v) is 6.48. The van der Waals surface area contributed by atoms with Crippen LogP contribution in [0.1, 0.15) is 12.5 Å². The molecule has 2 aromatic rings. The van der Waals surface area contributed by atoms with Gasteiger partial charge in [0.05, 0.1) is 4.90 Å². The lowest BCUT2D eigenvalue weighted by atomic mass is 10.2. The molecule has 7 nitrogen and oxygen atoms in total. The van der Waals surface area contributed by atoms with Gasteiger partial charge in [0, 0.05) is 17.5 Å². The molecule has 0 amide bonds. The molecule has 0 atom stereocenters. The van der Waals surface area contributed by atoms with Gasteiger partial charge in [0.2, 0.25) is 0 Å². The third-order valence-corrected chi connectivity index (χ3v) is 4.11. The van der Waals surface area contributed by atoms with Crippen LogP contribution in [-0.4, -0.2) is 24.6 Å². The predicted octanol–water partition coefficient (Wildman–Crippen LogP) is 1.47. The van der Waals surface area contributed by atoms with Crippen molar-refractivity contribution in [2.75, 3.05) is 17.0 Å². The molecule has 0 unspecified atom stereocenters. The van der Waals surface area contributed by atoms with Crippen LogP contribution >= 0.6 is 0 Å². The highest BCUT2D eigenvalue weighted by Crippen LogP contribution is 2.24. The predicted molar refractivity (Wildman–Crippen MR) is 82.1 cm³/mol. The lowest BCUT2D eigenvalue weighted by Gasteiger charge is -2.12. The third-order valence-electron chi connectivity index (χ3n) is 2.98. The van der Waals surface area contributed by atoms with Crippen molar-refractivity contribution in [2.45, 2.75) is 18.2 Å². The maximum absolute atomic E-state index is 11.4. The first-order valence-corrected chi connectivity index (χ1v) is 8.22. The molecule has 21 heavy (non-hydrogen) atoms. The maximum atomic E-state index is 11.4. The monoisotopic (exact) mass is 307 g/mol. The molecule has 0 aliphatic heterocycles. The molecular weight excluding hydrogens is 290 g/mol. The minimum atomic E-state index is -3.20. The first kappa shape index (κ1) is 15.2. The van der Waals surface area contributed by atoms with Crippen molar-refractivity contribution in [3.05, 3.63) is 36.2 Å². The van der Waals surface area contributed by atoms with E-state index >= 15 is 0 Å². The minimum Gasteiger partial charge on any atom is -0.340 e. The van der Waals surface area contributed by atoms with Gasteiger partial charge in [-0.2, -0.15) is 0 Å². The molecule has 0 saturated heterocycles. The Kier molecular flexibility index (Phi) is 4.39. The number of nitrogens with zero attached hydrogens (tertiary/aromatic N) is 2. The average molecular weight is 307 g/mol. The van der Waals surface area contributed by atoms with Gasteiger partial charge < -0.3 is 10.7 Å². The summed E-state index contributed by atoms with van der Waals surface area (Å²) in [5, 5.41) is 3.14. The van der Waals surface area contributed by atoms with E-state index in [1.807, 2.05) is 6.92 Å². The molecule has 0 saturated carbocycles. The minimum absolute atomic E-state index is 0.274. The first-order valence-electron chi connectivity index (χ1n) is 6.33. The fourth-order valence-electron chi connectivity index (χ4n) is 1.90. The summed E-state index contributed by atoms with van der Waals surface area (Å²) in [6.07, 6.45) is 3.28. The molecular formula is C13H17N5O2S. The Morgan fingerprint density at radius 1 is 1.14 bits per heavy atom. The summed E-state index contributed by atoms with van der Waals surface area (Å²) in [4.78, 5) is 8.51. The molecule has 1 aromatic heterocycles. The largest absolute Gasteiger partial charge is 0.340 e. The average Bonchev–Trinajstić information content (AvgIpc) is 2.46. The van der Waals surface area contributed by atoms with E-state index in [4.69, 9.17) is 5.84 Å². The smallest absolute Gasteiger partial charge is 0.175 e. The zero-order chi connectivity index (χ0) is 15.5. The Morgan fingerprint density at radius 2 is 1.76 bits per heavy atom. The lowest BCUT2D eigenvalue weighted by molar-refractivity contribution is 0.602. The van der Waals surface area contributed by atoms with E-state index in [0.29, 0.717) is 18.1 Å². The van der Waals surface area contributed by atoms with Crippen LogP contribution in [0.5, 0.6) is 0 Å². The lowest BCUT2D eigenvalue weighted by Crippen LogP contribution is -2.13. The van der Waals surface area contributed by atoms with Crippen molar-refractivity contribution >= 4 is 27.2 Å². The summed E-state index contributed by atoms with van der Waals surface area (Å²) in [5.41, 5.74) is 4.12. The number of aromatic nitrogens is 2. The van der Waals surface area contributed by atoms with Gasteiger partial charge >= 0.3 is 0 Å². The molecule has 112 valence electrons. The zero-order valence-electron chi connectivity index (χ0n) is 11.8. The molecule has 8 heteroatoms. The van der Waals surface area contributed by atoms with Crippen LogP contribution in [0.3, 0.4) is 0 Å². The summed E-state index contributed by atoms with van der Waals surface area (Å²) in [5.74, 6) is 6.61. The highest BCUT2D eigenvalue weighted by Gasteiger charge is 2.10. The molecule has 1 heterocycles. The molecule has 2 rings (SSSR count). The van der Waals surface area contributed by atoms with Crippen molar-refractivity contribution in [3.63, 3.8) is 0 Å². The summed E-state index contributed by atoms with van der Waals surface area (Å²) >= 11 is 0. The fourth-order valence-corrected chi connectivity index (χ4v) is 2.53.